The highest BCUT2D eigenvalue weighted by Gasteiger charge is 2.18. The molecule has 1 aromatic rings. The van der Waals surface area contributed by atoms with Gasteiger partial charge in [-0.15, -0.1) is 0 Å². The summed E-state index contributed by atoms with van der Waals surface area (Å²) in [5.74, 6) is 0. The van der Waals surface area contributed by atoms with Gasteiger partial charge in [0.05, 0.1) is 12.2 Å². The lowest BCUT2D eigenvalue weighted by Gasteiger charge is -2.06. The molecule has 0 aliphatic rings. The zero-order valence-corrected chi connectivity index (χ0v) is 7.45. The van der Waals surface area contributed by atoms with Crippen molar-refractivity contribution in [1.82, 2.24) is 9.78 Å². The van der Waals surface area contributed by atoms with E-state index in [1.807, 2.05) is 6.92 Å². The zero-order chi connectivity index (χ0) is 9.84. The van der Waals surface area contributed by atoms with Crippen LogP contribution >= 0.6 is 0 Å². The van der Waals surface area contributed by atoms with Gasteiger partial charge in [-0.3, -0.25) is 4.68 Å². The smallest absolute Gasteiger partial charge is 0.257 e. The van der Waals surface area contributed by atoms with Crippen molar-refractivity contribution in [2.75, 3.05) is 0 Å². The molecule has 13 heavy (non-hydrogen) atoms. The molecule has 1 atom stereocenters. The Labute approximate surface area is 75.5 Å². The molecule has 0 fully saturated rings. The molecule has 3 nitrogen and oxygen atoms in total. The Morgan fingerprint density at radius 3 is 2.85 bits per heavy atom. The minimum Gasteiger partial charge on any atom is -0.319 e. The van der Waals surface area contributed by atoms with E-state index in [-0.39, 0.29) is 0 Å². The topological polar surface area (TPSA) is 43.8 Å². The van der Waals surface area contributed by atoms with E-state index in [1.54, 1.807) is 10.9 Å². The monoisotopic (exact) mass is 189 g/mol. The number of aryl methyl sites for hydroxylation is 1. The van der Waals surface area contributed by atoms with Crippen LogP contribution in [0.2, 0.25) is 0 Å². The first-order valence-corrected chi connectivity index (χ1v) is 4.21. The highest BCUT2D eigenvalue weighted by atomic mass is 19.3. The van der Waals surface area contributed by atoms with Gasteiger partial charge < -0.3 is 5.73 Å². The van der Waals surface area contributed by atoms with Crippen molar-refractivity contribution in [3.05, 3.63) is 18.0 Å². The Morgan fingerprint density at radius 2 is 2.31 bits per heavy atom. The Kier molecular flexibility index (Phi) is 3.36. The van der Waals surface area contributed by atoms with Gasteiger partial charge in [0.1, 0.15) is 0 Å². The SMILES string of the molecule is CCCn1cc(C(N)C(F)F)cn1. The maximum Gasteiger partial charge on any atom is 0.257 e. The van der Waals surface area contributed by atoms with E-state index in [0.29, 0.717) is 5.56 Å². The minimum absolute atomic E-state index is 0.392. The fourth-order valence-corrected chi connectivity index (χ4v) is 1.05. The first-order valence-electron chi connectivity index (χ1n) is 4.21. The summed E-state index contributed by atoms with van der Waals surface area (Å²) in [6, 6.07) is -1.22. The van der Waals surface area contributed by atoms with Crippen LogP contribution in [-0.4, -0.2) is 16.2 Å². The molecule has 0 aliphatic heterocycles. The lowest BCUT2D eigenvalue weighted by atomic mass is 10.2. The van der Waals surface area contributed by atoms with Crippen LogP contribution in [0.25, 0.3) is 0 Å². The molecule has 0 spiro atoms. The van der Waals surface area contributed by atoms with Gasteiger partial charge in [-0.05, 0) is 6.42 Å². The van der Waals surface area contributed by atoms with Crippen molar-refractivity contribution in [1.29, 1.82) is 0 Å². The normalized spacial score (nSPS) is 13.6. The molecule has 2 N–H and O–H groups in total. The Hall–Kier alpha value is -0.970. The highest BCUT2D eigenvalue weighted by molar-refractivity contribution is 5.10. The summed E-state index contributed by atoms with van der Waals surface area (Å²) in [5.41, 5.74) is 5.64. The van der Waals surface area contributed by atoms with Crippen LogP contribution in [0, 0.1) is 0 Å². The molecule has 74 valence electrons. The summed E-state index contributed by atoms with van der Waals surface area (Å²) in [7, 11) is 0. The van der Waals surface area contributed by atoms with Gasteiger partial charge in [-0.1, -0.05) is 6.92 Å². The van der Waals surface area contributed by atoms with E-state index in [0.717, 1.165) is 13.0 Å². The van der Waals surface area contributed by atoms with E-state index in [1.165, 1.54) is 6.20 Å². The lowest BCUT2D eigenvalue weighted by Crippen LogP contribution is -2.18. The third-order valence-corrected chi connectivity index (χ3v) is 1.76. The molecular formula is C8H13F2N3. The molecule has 1 rings (SSSR count). The molecule has 0 radical (unpaired) electrons. The van der Waals surface area contributed by atoms with E-state index in [4.69, 9.17) is 5.73 Å². The fourth-order valence-electron chi connectivity index (χ4n) is 1.05. The van der Waals surface area contributed by atoms with Crippen molar-refractivity contribution in [3.8, 4) is 0 Å². The maximum atomic E-state index is 12.1. The molecule has 0 aliphatic carbocycles. The molecule has 5 heteroatoms. The largest absolute Gasteiger partial charge is 0.319 e. The zero-order valence-electron chi connectivity index (χ0n) is 7.45. The molecule has 0 amide bonds. The average Bonchev–Trinajstić information content (AvgIpc) is 2.52. The number of hydrogen-bond acceptors (Lipinski definition) is 2. The maximum absolute atomic E-state index is 12.1. The molecule has 0 saturated heterocycles. The van der Waals surface area contributed by atoms with Crippen molar-refractivity contribution in [3.63, 3.8) is 0 Å². The Balaban J connectivity index is 2.67. The standard InChI is InChI=1S/C8H13F2N3/c1-2-3-13-5-6(4-12-13)7(11)8(9)10/h4-5,7-8H,2-3,11H2,1H3. The number of aromatic nitrogens is 2. The number of alkyl halides is 2. The second-order valence-electron chi connectivity index (χ2n) is 2.90. The second kappa shape index (κ2) is 4.32. The van der Waals surface area contributed by atoms with Crippen LogP contribution in [0.4, 0.5) is 8.78 Å². The van der Waals surface area contributed by atoms with Gasteiger partial charge in [0.15, 0.2) is 0 Å². The molecule has 1 unspecified atom stereocenters. The number of halogens is 2. The van der Waals surface area contributed by atoms with Gasteiger partial charge in [0.25, 0.3) is 6.43 Å². The van der Waals surface area contributed by atoms with Gasteiger partial charge in [-0.25, -0.2) is 8.78 Å². The Morgan fingerprint density at radius 1 is 1.62 bits per heavy atom. The fraction of sp³-hybridized carbons (Fsp3) is 0.625. The summed E-state index contributed by atoms with van der Waals surface area (Å²) in [5, 5.41) is 3.91. The summed E-state index contributed by atoms with van der Waals surface area (Å²) in [4.78, 5) is 0. The first-order chi connectivity index (χ1) is 6.15. The summed E-state index contributed by atoms with van der Waals surface area (Å²) < 4.78 is 25.9. The number of rotatable bonds is 4. The molecule has 0 bridgehead atoms. The molecule has 1 aromatic heterocycles. The summed E-state index contributed by atoms with van der Waals surface area (Å²) in [6.45, 7) is 2.73. The third kappa shape index (κ3) is 2.48. The third-order valence-electron chi connectivity index (χ3n) is 1.76. The van der Waals surface area contributed by atoms with Crippen molar-refractivity contribution >= 4 is 0 Å². The quantitative estimate of drug-likeness (QED) is 0.781. The van der Waals surface area contributed by atoms with E-state index >= 15 is 0 Å². The van der Waals surface area contributed by atoms with Crippen molar-refractivity contribution < 1.29 is 8.78 Å². The predicted octanol–water partition coefficient (Wildman–Crippen LogP) is 1.56. The summed E-state index contributed by atoms with van der Waals surface area (Å²) >= 11 is 0. The Bertz CT molecular complexity index is 260. The first kappa shape index (κ1) is 10.1. The van der Waals surface area contributed by atoms with E-state index < -0.39 is 12.5 Å². The summed E-state index contributed by atoms with van der Waals surface area (Å²) in [6.07, 6.45) is 1.36. The van der Waals surface area contributed by atoms with Crippen LogP contribution in [0.5, 0.6) is 0 Å². The van der Waals surface area contributed by atoms with Gasteiger partial charge >= 0.3 is 0 Å². The number of nitrogens with two attached hydrogens (primary N) is 1. The molecule has 0 aromatic carbocycles. The van der Waals surface area contributed by atoms with Crippen molar-refractivity contribution in [2.45, 2.75) is 32.4 Å². The molecule has 1 heterocycles. The van der Waals surface area contributed by atoms with Crippen LogP contribution in [0.15, 0.2) is 12.4 Å². The van der Waals surface area contributed by atoms with E-state index in [9.17, 15) is 8.78 Å². The minimum atomic E-state index is -2.53. The average molecular weight is 189 g/mol. The number of nitrogens with zero attached hydrogens (tertiary/aromatic N) is 2. The lowest BCUT2D eigenvalue weighted by molar-refractivity contribution is 0.116. The van der Waals surface area contributed by atoms with E-state index in [2.05, 4.69) is 5.10 Å². The van der Waals surface area contributed by atoms with Crippen molar-refractivity contribution in [2.24, 2.45) is 5.73 Å². The predicted molar refractivity (Wildman–Crippen MR) is 45.5 cm³/mol. The van der Waals surface area contributed by atoms with Crippen LogP contribution in [0.3, 0.4) is 0 Å². The second-order valence-corrected chi connectivity index (χ2v) is 2.90. The van der Waals surface area contributed by atoms with Crippen LogP contribution in [0.1, 0.15) is 24.9 Å². The van der Waals surface area contributed by atoms with Gasteiger partial charge in [0, 0.05) is 18.3 Å². The highest BCUT2D eigenvalue weighted by Crippen LogP contribution is 2.16. The van der Waals surface area contributed by atoms with Gasteiger partial charge in [0.2, 0.25) is 0 Å². The molecule has 0 saturated carbocycles. The van der Waals surface area contributed by atoms with Crippen LogP contribution in [-0.2, 0) is 6.54 Å². The number of hydrogen-bond donors (Lipinski definition) is 1. The van der Waals surface area contributed by atoms with Crippen LogP contribution < -0.4 is 5.73 Å². The molecular weight excluding hydrogens is 176 g/mol. The van der Waals surface area contributed by atoms with Gasteiger partial charge in [-0.2, -0.15) is 5.10 Å².